The Balaban J connectivity index is 2.69. The second kappa shape index (κ2) is 8.90. The van der Waals surface area contributed by atoms with E-state index in [0.717, 1.165) is 12.8 Å². The molecule has 0 unspecified atom stereocenters. The number of unbranched alkanes of at least 4 members (excludes halogenated alkanes) is 1. The van der Waals surface area contributed by atoms with Crippen LogP contribution in [0.2, 0.25) is 0 Å². The number of rotatable bonds is 10. The lowest BCUT2D eigenvalue weighted by atomic mass is 10.4. The van der Waals surface area contributed by atoms with Gasteiger partial charge in [-0.15, -0.1) is 0 Å². The van der Waals surface area contributed by atoms with Gasteiger partial charge in [-0.3, -0.25) is 10.1 Å². The fourth-order valence-corrected chi connectivity index (χ4v) is 1.52. The number of methoxy groups -OCH3 is 2. The van der Waals surface area contributed by atoms with Crippen molar-refractivity contribution in [2.45, 2.75) is 19.8 Å². The molecule has 9 heteroatoms. The summed E-state index contributed by atoms with van der Waals surface area (Å²) < 4.78 is 15.2. The molecule has 0 spiro atoms. The molecule has 1 rings (SSSR count). The van der Waals surface area contributed by atoms with Crippen LogP contribution in [0, 0.1) is 10.1 Å². The van der Waals surface area contributed by atoms with Crippen molar-refractivity contribution in [3.05, 3.63) is 10.1 Å². The second-order valence-corrected chi connectivity index (χ2v) is 4.06. The van der Waals surface area contributed by atoms with E-state index in [1.807, 2.05) is 0 Å². The molecule has 0 bridgehead atoms. The number of aromatic nitrogens is 2. The molecule has 21 heavy (non-hydrogen) atoms. The average Bonchev–Trinajstić information content (AvgIpc) is 2.49. The van der Waals surface area contributed by atoms with Crippen molar-refractivity contribution in [3.8, 4) is 11.8 Å². The molecular formula is C12H20N4O5. The summed E-state index contributed by atoms with van der Waals surface area (Å²) >= 11 is 0. The standard InChI is InChI=1S/C12H20N4O5/c1-4-5-7-21-8-6-13-12-14-10(19-2)9(16(17)18)11(15-12)20-3/h4-8H2,1-3H3,(H,13,14,15). The van der Waals surface area contributed by atoms with Gasteiger partial charge in [-0.25, -0.2) is 0 Å². The lowest BCUT2D eigenvalue weighted by Gasteiger charge is -2.09. The van der Waals surface area contributed by atoms with Crippen molar-refractivity contribution in [2.24, 2.45) is 0 Å². The Labute approximate surface area is 122 Å². The van der Waals surface area contributed by atoms with Crippen LogP contribution in [0.5, 0.6) is 11.8 Å². The van der Waals surface area contributed by atoms with Crippen molar-refractivity contribution in [1.82, 2.24) is 9.97 Å². The Morgan fingerprint density at radius 2 is 1.81 bits per heavy atom. The molecule has 9 nitrogen and oxygen atoms in total. The third-order valence-electron chi connectivity index (χ3n) is 2.56. The summed E-state index contributed by atoms with van der Waals surface area (Å²) in [5.41, 5.74) is -0.398. The first-order valence-corrected chi connectivity index (χ1v) is 6.60. The van der Waals surface area contributed by atoms with E-state index in [0.29, 0.717) is 19.8 Å². The van der Waals surface area contributed by atoms with E-state index in [1.54, 1.807) is 0 Å². The Bertz CT molecular complexity index is 444. The number of hydrogen-bond donors (Lipinski definition) is 1. The summed E-state index contributed by atoms with van der Waals surface area (Å²) in [4.78, 5) is 18.2. The van der Waals surface area contributed by atoms with Crippen LogP contribution in [-0.4, -0.2) is 48.9 Å². The lowest BCUT2D eigenvalue weighted by Crippen LogP contribution is -2.13. The second-order valence-electron chi connectivity index (χ2n) is 4.06. The van der Waals surface area contributed by atoms with Crippen LogP contribution in [0.25, 0.3) is 0 Å². The van der Waals surface area contributed by atoms with Crippen molar-refractivity contribution in [1.29, 1.82) is 0 Å². The number of nitrogens with one attached hydrogen (secondary N) is 1. The monoisotopic (exact) mass is 300 g/mol. The summed E-state index contributed by atoms with van der Waals surface area (Å²) in [5, 5.41) is 13.9. The molecule has 0 atom stereocenters. The topological polar surface area (TPSA) is 109 Å². The first-order valence-electron chi connectivity index (χ1n) is 6.60. The minimum absolute atomic E-state index is 0.152. The minimum atomic E-state index is -0.644. The fraction of sp³-hybridized carbons (Fsp3) is 0.667. The Kier molecular flexibility index (Phi) is 7.16. The van der Waals surface area contributed by atoms with Gasteiger partial charge in [0.2, 0.25) is 5.95 Å². The molecule has 0 aliphatic carbocycles. The summed E-state index contributed by atoms with van der Waals surface area (Å²) in [7, 11) is 2.60. The van der Waals surface area contributed by atoms with Crippen LogP contribution >= 0.6 is 0 Å². The molecule has 1 aromatic heterocycles. The van der Waals surface area contributed by atoms with Gasteiger partial charge in [0.15, 0.2) is 0 Å². The van der Waals surface area contributed by atoms with Crippen LogP contribution in [0.15, 0.2) is 0 Å². The Hall–Kier alpha value is -2.16. The quantitative estimate of drug-likeness (QED) is 0.394. The summed E-state index contributed by atoms with van der Waals surface area (Å²) in [5.74, 6) is -0.115. The van der Waals surface area contributed by atoms with E-state index in [1.165, 1.54) is 14.2 Å². The smallest absolute Gasteiger partial charge is 0.392 e. The van der Waals surface area contributed by atoms with E-state index in [-0.39, 0.29) is 17.7 Å². The largest absolute Gasteiger partial charge is 0.476 e. The zero-order valence-corrected chi connectivity index (χ0v) is 12.4. The number of hydrogen-bond acceptors (Lipinski definition) is 8. The molecule has 0 aliphatic rings. The molecule has 0 saturated heterocycles. The third-order valence-corrected chi connectivity index (χ3v) is 2.56. The zero-order chi connectivity index (χ0) is 15.7. The normalized spacial score (nSPS) is 10.2. The van der Waals surface area contributed by atoms with E-state index >= 15 is 0 Å². The van der Waals surface area contributed by atoms with Gasteiger partial charge in [0, 0.05) is 13.2 Å². The SMILES string of the molecule is CCCCOCCNc1nc(OC)c([N+](=O)[O-])c(OC)n1. The van der Waals surface area contributed by atoms with Gasteiger partial charge in [-0.1, -0.05) is 13.3 Å². The van der Waals surface area contributed by atoms with E-state index in [4.69, 9.17) is 14.2 Å². The lowest BCUT2D eigenvalue weighted by molar-refractivity contribution is -0.387. The maximum absolute atomic E-state index is 11.0. The van der Waals surface area contributed by atoms with Gasteiger partial charge in [0.05, 0.1) is 25.7 Å². The fourth-order valence-electron chi connectivity index (χ4n) is 1.52. The maximum atomic E-state index is 11.0. The van der Waals surface area contributed by atoms with Gasteiger partial charge >= 0.3 is 17.4 Å². The summed E-state index contributed by atoms with van der Waals surface area (Å²) in [6.07, 6.45) is 2.09. The van der Waals surface area contributed by atoms with Crippen LogP contribution in [0.4, 0.5) is 11.6 Å². The number of ether oxygens (including phenoxy) is 3. The van der Waals surface area contributed by atoms with Crippen LogP contribution in [-0.2, 0) is 4.74 Å². The van der Waals surface area contributed by atoms with Crippen LogP contribution < -0.4 is 14.8 Å². The van der Waals surface area contributed by atoms with E-state index in [9.17, 15) is 10.1 Å². The first kappa shape index (κ1) is 16.9. The van der Waals surface area contributed by atoms with Gasteiger partial charge in [-0.05, 0) is 6.42 Å². The first-order chi connectivity index (χ1) is 10.1. The molecule has 0 aromatic carbocycles. The highest BCUT2D eigenvalue weighted by atomic mass is 16.6. The highest BCUT2D eigenvalue weighted by Crippen LogP contribution is 2.34. The highest BCUT2D eigenvalue weighted by molar-refractivity contribution is 5.53. The zero-order valence-electron chi connectivity index (χ0n) is 12.4. The molecule has 118 valence electrons. The third kappa shape index (κ3) is 5.03. The van der Waals surface area contributed by atoms with Crippen molar-refractivity contribution < 1.29 is 19.1 Å². The number of nitro groups is 1. The van der Waals surface area contributed by atoms with E-state index < -0.39 is 10.6 Å². The molecule has 0 fully saturated rings. The predicted octanol–water partition coefficient (Wildman–Crippen LogP) is 1.63. The number of anilines is 1. The molecule has 1 heterocycles. The van der Waals surface area contributed by atoms with Crippen molar-refractivity contribution in [2.75, 3.05) is 39.3 Å². The maximum Gasteiger partial charge on any atom is 0.392 e. The molecule has 1 N–H and O–H groups in total. The predicted molar refractivity (Wildman–Crippen MR) is 76.0 cm³/mol. The summed E-state index contributed by atoms with van der Waals surface area (Å²) in [6.45, 7) is 3.76. The van der Waals surface area contributed by atoms with Crippen molar-refractivity contribution in [3.63, 3.8) is 0 Å². The van der Waals surface area contributed by atoms with Gasteiger partial charge in [0.25, 0.3) is 0 Å². The van der Waals surface area contributed by atoms with E-state index in [2.05, 4.69) is 22.2 Å². The van der Waals surface area contributed by atoms with Gasteiger partial charge in [-0.2, -0.15) is 9.97 Å². The minimum Gasteiger partial charge on any atom is -0.476 e. The van der Waals surface area contributed by atoms with Gasteiger partial charge < -0.3 is 19.5 Å². The molecule has 0 aliphatic heterocycles. The average molecular weight is 300 g/mol. The molecule has 0 radical (unpaired) electrons. The molecular weight excluding hydrogens is 280 g/mol. The van der Waals surface area contributed by atoms with Crippen molar-refractivity contribution >= 4 is 11.6 Å². The molecule has 0 saturated carbocycles. The van der Waals surface area contributed by atoms with Crippen LogP contribution in [0.3, 0.4) is 0 Å². The number of nitrogens with zero attached hydrogens (tertiary/aromatic N) is 3. The molecule has 1 aromatic rings. The highest BCUT2D eigenvalue weighted by Gasteiger charge is 2.26. The van der Waals surface area contributed by atoms with Gasteiger partial charge in [0.1, 0.15) is 0 Å². The summed E-state index contributed by atoms with van der Waals surface area (Å²) in [6, 6.07) is 0. The Morgan fingerprint density at radius 3 is 2.29 bits per heavy atom. The Morgan fingerprint density at radius 1 is 1.19 bits per heavy atom. The molecule has 0 amide bonds. The van der Waals surface area contributed by atoms with Crippen LogP contribution in [0.1, 0.15) is 19.8 Å².